The molecule has 15 heavy (non-hydrogen) atoms. The van der Waals surface area contributed by atoms with Crippen LogP contribution in [-0.2, 0) is 0 Å². The average molecular weight is 203 g/mol. The molecule has 2 saturated carbocycles. The lowest BCUT2D eigenvalue weighted by molar-refractivity contribution is 0.427. The van der Waals surface area contributed by atoms with Crippen molar-refractivity contribution in [2.45, 2.75) is 25.7 Å². The van der Waals surface area contributed by atoms with Crippen LogP contribution in [0.25, 0.3) is 0 Å². The molecule has 0 unspecified atom stereocenters. The molecule has 0 radical (unpaired) electrons. The van der Waals surface area contributed by atoms with Crippen molar-refractivity contribution in [3.63, 3.8) is 0 Å². The number of hydrogen-bond donors (Lipinski definition) is 1. The van der Waals surface area contributed by atoms with E-state index in [-0.39, 0.29) is 0 Å². The Morgan fingerprint density at radius 3 is 2.47 bits per heavy atom. The van der Waals surface area contributed by atoms with E-state index in [0.717, 1.165) is 30.1 Å². The second-order valence-corrected chi connectivity index (χ2v) is 4.81. The van der Waals surface area contributed by atoms with Gasteiger partial charge in [-0.1, -0.05) is 0 Å². The first kappa shape index (κ1) is 9.13. The third-order valence-electron chi connectivity index (χ3n) is 3.54. The van der Waals surface area contributed by atoms with Crippen molar-refractivity contribution in [3.05, 3.63) is 18.6 Å². The van der Waals surface area contributed by atoms with Crippen LogP contribution < -0.4 is 5.32 Å². The van der Waals surface area contributed by atoms with Gasteiger partial charge in [-0.15, -0.1) is 0 Å². The van der Waals surface area contributed by atoms with Gasteiger partial charge < -0.3 is 5.32 Å². The van der Waals surface area contributed by atoms with Crippen LogP contribution in [-0.4, -0.2) is 16.5 Å². The summed E-state index contributed by atoms with van der Waals surface area (Å²) < 4.78 is 0. The number of hydrogen-bond acceptors (Lipinski definition) is 3. The Balaban J connectivity index is 1.55. The van der Waals surface area contributed by atoms with Crippen molar-refractivity contribution in [1.82, 2.24) is 9.97 Å². The number of nitrogens with one attached hydrogen (secondary N) is 1. The Labute approximate surface area is 90.3 Å². The van der Waals surface area contributed by atoms with Crippen molar-refractivity contribution < 1.29 is 0 Å². The molecule has 0 aromatic carbocycles. The fourth-order valence-electron chi connectivity index (χ4n) is 2.38. The molecule has 0 aliphatic heterocycles. The molecule has 0 bridgehead atoms. The summed E-state index contributed by atoms with van der Waals surface area (Å²) in [6.45, 7) is 1.09. The van der Waals surface area contributed by atoms with E-state index >= 15 is 0 Å². The van der Waals surface area contributed by atoms with Crippen LogP contribution in [0.15, 0.2) is 18.6 Å². The second-order valence-electron chi connectivity index (χ2n) is 4.81. The van der Waals surface area contributed by atoms with Crippen molar-refractivity contribution in [2.24, 2.45) is 17.8 Å². The van der Waals surface area contributed by atoms with E-state index in [1.165, 1.54) is 25.7 Å². The molecule has 2 fully saturated rings. The zero-order valence-corrected chi connectivity index (χ0v) is 8.89. The Morgan fingerprint density at radius 1 is 1.20 bits per heavy atom. The monoisotopic (exact) mass is 203 g/mol. The normalized spacial score (nSPS) is 20.6. The molecule has 80 valence electrons. The van der Waals surface area contributed by atoms with E-state index in [0.29, 0.717) is 0 Å². The lowest BCUT2D eigenvalue weighted by atomic mass is 9.98. The van der Waals surface area contributed by atoms with Crippen LogP contribution in [0.5, 0.6) is 0 Å². The van der Waals surface area contributed by atoms with Crippen molar-refractivity contribution >= 4 is 5.82 Å². The van der Waals surface area contributed by atoms with E-state index in [9.17, 15) is 0 Å². The minimum atomic E-state index is 0.895. The van der Waals surface area contributed by atoms with Gasteiger partial charge in [-0.3, -0.25) is 4.98 Å². The van der Waals surface area contributed by atoms with Gasteiger partial charge in [0.2, 0.25) is 0 Å². The SMILES string of the molecule is c1cnc(NCC(C2CC2)C2CC2)cn1. The molecule has 1 heterocycles. The third-order valence-corrected chi connectivity index (χ3v) is 3.54. The fourth-order valence-corrected chi connectivity index (χ4v) is 2.38. The lowest BCUT2D eigenvalue weighted by Crippen LogP contribution is -2.18. The highest BCUT2D eigenvalue weighted by atomic mass is 15.0. The first-order valence-corrected chi connectivity index (χ1v) is 5.93. The van der Waals surface area contributed by atoms with Crippen LogP contribution in [0.2, 0.25) is 0 Å². The fraction of sp³-hybridized carbons (Fsp3) is 0.667. The first-order valence-electron chi connectivity index (χ1n) is 5.93. The maximum Gasteiger partial charge on any atom is 0.144 e. The lowest BCUT2D eigenvalue weighted by Gasteiger charge is -2.16. The minimum absolute atomic E-state index is 0.895. The highest BCUT2D eigenvalue weighted by molar-refractivity contribution is 5.30. The largest absolute Gasteiger partial charge is 0.368 e. The molecule has 3 rings (SSSR count). The summed E-state index contributed by atoms with van der Waals surface area (Å²) >= 11 is 0. The molecule has 1 aromatic rings. The summed E-state index contributed by atoms with van der Waals surface area (Å²) in [5.41, 5.74) is 0. The number of rotatable bonds is 5. The van der Waals surface area contributed by atoms with Crippen LogP contribution in [0.3, 0.4) is 0 Å². The van der Waals surface area contributed by atoms with E-state index in [4.69, 9.17) is 0 Å². The van der Waals surface area contributed by atoms with E-state index in [1.807, 2.05) is 0 Å². The zero-order valence-electron chi connectivity index (χ0n) is 8.89. The Bertz CT molecular complexity index is 305. The summed E-state index contributed by atoms with van der Waals surface area (Å²) in [6.07, 6.45) is 11.0. The number of aromatic nitrogens is 2. The van der Waals surface area contributed by atoms with Gasteiger partial charge in [-0.2, -0.15) is 0 Å². The van der Waals surface area contributed by atoms with Crippen LogP contribution in [0.1, 0.15) is 25.7 Å². The van der Waals surface area contributed by atoms with Gasteiger partial charge in [-0.25, -0.2) is 4.98 Å². The van der Waals surface area contributed by atoms with E-state index < -0.39 is 0 Å². The minimum Gasteiger partial charge on any atom is -0.368 e. The standard InChI is InChI=1S/C12H17N3/c1-2-9(1)11(10-3-4-10)7-15-12-8-13-5-6-14-12/h5-6,8-11H,1-4,7H2,(H,14,15). The van der Waals surface area contributed by atoms with Crippen LogP contribution in [0.4, 0.5) is 5.82 Å². The first-order chi connectivity index (χ1) is 7.43. The maximum absolute atomic E-state index is 4.24. The molecule has 3 heteroatoms. The third kappa shape index (κ3) is 2.28. The summed E-state index contributed by atoms with van der Waals surface area (Å²) in [5, 5.41) is 3.41. The van der Waals surface area contributed by atoms with E-state index in [2.05, 4.69) is 15.3 Å². The summed E-state index contributed by atoms with van der Waals surface area (Å²) in [6, 6.07) is 0. The Kier molecular flexibility index (Phi) is 2.31. The Hall–Kier alpha value is -1.12. The highest BCUT2D eigenvalue weighted by Crippen LogP contribution is 2.49. The van der Waals surface area contributed by atoms with Gasteiger partial charge in [-0.05, 0) is 43.4 Å². The topological polar surface area (TPSA) is 37.8 Å². The summed E-state index contributed by atoms with van der Waals surface area (Å²) in [4.78, 5) is 8.30. The predicted molar refractivity (Wildman–Crippen MR) is 59.5 cm³/mol. The smallest absolute Gasteiger partial charge is 0.144 e. The molecule has 2 aliphatic rings. The van der Waals surface area contributed by atoms with Gasteiger partial charge >= 0.3 is 0 Å². The molecule has 0 atom stereocenters. The predicted octanol–water partition coefficient (Wildman–Crippen LogP) is 2.32. The average Bonchev–Trinajstić information content (AvgIpc) is 3.14. The van der Waals surface area contributed by atoms with Crippen LogP contribution in [0, 0.1) is 17.8 Å². The summed E-state index contributed by atoms with van der Waals surface area (Å²) in [5.74, 6) is 3.82. The number of anilines is 1. The molecule has 0 amide bonds. The molecule has 3 nitrogen and oxygen atoms in total. The molecule has 0 spiro atoms. The van der Waals surface area contributed by atoms with E-state index in [1.54, 1.807) is 18.6 Å². The molecule has 1 N–H and O–H groups in total. The number of nitrogens with zero attached hydrogens (tertiary/aromatic N) is 2. The summed E-state index contributed by atoms with van der Waals surface area (Å²) in [7, 11) is 0. The van der Waals surface area contributed by atoms with Gasteiger partial charge in [0.15, 0.2) is 0 Å². The zero-order chi connectivity index (χ0) is 10.1. The van der Waals surface area contributed by atoms with Gasteiger partial charge in [0.1, 0.15) is 5.82 Å². The van der Waals surface area contributed by atoms with Crippen molar-refractivity contribution in [3.8, 4) is 0 Å². The highest BCUT2D eigenvalue weighted by Gasteiger charge is 2.40. The maximum atomic E-state index is 4.24. The molecule has 1 aromatic heterocycles. The quantitative estimate of drug-likeness (QED) is 0.798. The molecular weight excluding hydrogens is 186 g/mol. The molecule has 0 saturated heterocycles. The van der Waals surface area contributed by atoms with Gasteiger partial charge in [0, 0.05) is 18.9 Å². The Morgan fingerprint density at radius 2 is 1.93 bits per heavy atom. The van der Waals surface area contributed by atoms with Crippen LogP contribution >= 0.6 is 0 Å². The second kappa shape index (κ2) is 3.80. The van der Waals surface area contributed by atoms with Gasteiger partial charge in [0.25, 0.3) is 0 Å². The van der Waals surface area contributed by atoms with Crippen molar-refractivity contribution in [2.75, 3.05) is 11.9 Å². The van der Waals surface area contributed by atoms with Gasteiger partial charge in [0.05, 0.1) is 6.20 Å². The molecule has 2 aliphatic carbocycles. The molecular formula is C12H17N3. The van der Waals surface area contributed by atoms with Crippen molar-refractivity contribution in [1.29, 1.82) is 0 Å².